The second-order valence-corrected chi connectivity index (χ2v) is 8.53. The van der Waals surface area contributed by atoms with E-state index < -0.39 is 10.0 Å². The van der Waals surface area contributed by atoms with Gasteiger partial charge in [0.05, 0.1) is 4.90 Å². The van der Waals surface area contributed by atoms with E-state index in [-0.39, 0.29) is 16.8 Å². The van der Waals surface area contributed by atoms with Crippen LogP contribution in [0.25, 0.3) is 16.8 Å². The molecule has 2 N–H and O–H groups in total. The molecule has 0 aromatic heterocycles. The molecule has 1 fully saturated rings. The summed E-state index contributed by atoms with van der Waals surface area (Å²) in [5.74, 6) is -0.247. The Hall–Kier alpha value is -2.96. The van der Waals surface area contributed by atoms with E-state index in [2.05, 4.69) is 10.0 Å². The number of sulfonamides is 1. The zero-order valence-corrected chi connectivity index (χ0v) is 15.9. The molecule has 0 bridgehead atoms. The molecule has 0 radical (unpaired) electrons. The summed E-state index contributed by atoms with van der Waals surface area (Å²) < 4.78 is 27.0. The molecule has 28 heavy (non-hydrogen) atoms. The first kappa shape index (κ1) is 18.4. The molecule has 0 saturated heterocycles. The van der Waals surface area contributed by atoms with Crippen molar-refractivity contribution in [2.24, 2.45) is 0 Å². The molecule has 142 valence electrons. The molecule has 4 rings (SSSR count). The largest absolute Gasteiger partial charge is 0.322 e. The molecule has 0 aliphatic heterocycles. The van der Waals surface area contributed by atoms with Gasteiger partial charge in [0, 0.05) is 23.2 Å². The van der Waals surface area contributed by atoms with Gasteiger partial charge in [-0.15, -0.1) is 0 Å². The highest BCUT2D eigenvalue weighted by Crippen LogP contribution is 2.23. The van der Waals surface area contributed by atoms with E-state index in [0.717, 1.165) is 34.9 Å². The van der Waals surface area contributed by atoms with Crippen LogP contribution in [0.15, 0.2) is 77.7 Å². The highest BCUT2D eigenvalue weighted by Gasteiger charge is 2.27. The third-order valence-electron chi connectivity index (χ3n) is 4.56. The van der Waals surface area contributed by atoms with Gasteiger partial charge in [0.1, 0.15) is 0 Å². The zero-order valence-electron chi connectivity index (χ0n) is 15.1. The highest BCUT2D eigenvalue weighted by atomic mass is 32.2. The molecule has 1 aliphatic rings. The Kier molecular flexibility index (Phi) is 4.98. The molecule has 1 amide bonds. The Morgan fingerprint density at radius 1 is 0.929 bits per heavy atom. The summed E-state index contributed by atoms with van der Waals surface area (Å²) in [5, 5.41) is 4.92. The number of fused-ring (bicyclic) bond motifs is 1. The number of carbonyl (C=O) groups is 1. The van der Waals surface area contributed by atoms with Crippen LogP contribution in [0.5, 0.6) is 0 Å². The van der Waals surface area contributed by atoms with Crippen LogP contribution >= 0.6 is 0 Å². The molecule has 0 spiro atoms. The molecule has 5 nitrogen and oxygen atoms in total. The molecule has 6 heteroatoms. The van der Waals surface area contributed by atoms with E-state index in [1.807, 2.05) is 42.5 Å². The number of benzene rings is 3. The van der Waals surface area contributed by atoms with E-state index in [0.29, 0.717) is 0 Å². The number of carbonyl (C=O) groups excluding carboxylic acids is 1. The third-order valence-corrected chi connectivity index (χ3v) is 6.10. The molecule has 1 aliphatic carbocycles. The maximum absolute atomic E-state index is 12.3. The minimum absolute atomic E-state index is 0.0716. The lowest BCUT2D eigenvalue weighted by atomic mass is 10.1. The van der Waals surface area contributed by atoms with Crippen LogP contribution in [-0.4, -0.2) is 20.4 Å². The van der Waals surface area contributed by atoms with Crippen molar-refractivity contribution in [2.45, 2.75) is 23.8 Å². The van der Waals surface area contributed by atoms with Gasteiger partial charge >= 0.3 is 0 Å². The molecule has 3 aromatic rings. The topological polar surface area (TPSA) is 75.3 Å². The van der Waals surface area contributed by atoms with Crippen LogP contribution in [0.1, 0.15) is 18.4 Å². The summed E-state index contributed by atoms with van der Waals surface area (Å²) in [6, 6.07) is 20.1. The number of rotatable bonds is 6. The Bertz CT molecular complexity index is 1140. The fourth-order valence-corrected chi connectivity index (χ4v) is 4.23. The molecule has 1 saturated carbocycles. The number of hydrogen-bond donors (Lipinski definition) is 2. The molecule has 0 atom stereocenters. The minimum atomic E-state index is -3.46. The summed E-state index contributed by atoms with van der Waals surface area (Å²) in [6.07, 6.45) is 4.89. The van der Waals surface area contributed by atoms with Crippen molar-refractivity contribution in [1.82, 2.24) is 4.72 Å². The van der Waals surface area contributed by atoms with Crippen LogP contribution in [0.3, 0.4) is 0 Å². The SMILES string of the molecule is O=C(/C=C/c1ccc(S(=O)(=O)NC2CC2)cc1)Nc1cccc2ccccc12. The monoisotopic (exact) mass is 392 g/mol. The van der Waals surface area contributed by atoms with Gasteiger partial charge in [0.2, 0.25) is 15.9 Å². The minimum Gasteiger partial charge on any atom is -0.322 e. The van der Waals surface area contributed by atoms with Crippen LogP contribution in [-0.2, 0) is 14.8 Å². The van der Waals surface area contributed by atoms with Gasteiger partial charge in [-0.05, 0) is 48.1 Å². The molecule has 0 unspecified atom stereocenters. The lowest BCUT2D eigenvalue weighted by molar-refractivity contribution is -0.111. The van der Waals surface area contributed by atoms with Gasteiger partial charge in [-0.2, -0.15) is 0 Å². The Balaban J connectivity index is 1.44. The first-order valence-corrected chi connectivity index (χ1v) is 10.6. The second-order valence-electron chi connectivity index (χ2n) is 6.81. The lowest BCUT2D eigenvalue weighted by Crippen LogP contribution is -2.25. The summed E-state index contributed by atoms with van der Waals surface area (Å²) in [6.45, 7) is 0. The van der Waals surface area contributed by atoms with E-state index in [4.69, 9.17) is 0 Å². The summed E-state index contributed by atoms with van der Waals surface area (Å²) >= 11 is 0. The fourth-order valence-electron chi connectivity index (χ4n) is 2.93. The highest BCUT2D eigenvalue weighted by molar-refractivity contribution is 7.89. The average molecular weight is 392 g/mol. The lowest BCUT2D eigenvalue weighted by Gasteiger charge is -2.07. The van der Waals surface area contributed by atoms with Gasteiger partial charge in [-0.1, -0.05) is 48.5 Å². The quantitative estimate of drug-likeness (QED) is 0.624. The number of hydrogen-bond acceptors (Lipinski definition) is 3. The Morgan fingerprint density at radius 2 is 1.64 bits per heavy atom. The van der Waals surface area contributed by atoms with Crippen molar-refractivity contribution >= 4 is 38.5 Å². The first-order chi connectivity index (χ1) is 13.5. The average Bonchev–Trinajstić information content (AvgIpc) is 3.50. The summed E-state index contributed by atoms with van der Waals surface area (Å²) in [7, 11) is -3.46. The van der Waals surface area contributed by atoms with Crippen molar-refractivity contribution in [2.75, 3.05) is 5.32 Å². The van der Waals surface area contributed by atoms with E-state index in [1.54, 1.807) is 30.3 Å². The summed E-state index contributed by atoms with van der Waals surface area (Å²) in [4.78, 5) is 12.5. The predicted molar refractivity (Wildman–Crippen MR) is 111 cm³/mol. The van der Waals surface area contributed by atoms with Crippen LogP contribution in [0.2, 0.25) is 0 Å². The van der Waals surface area contributed by atoms with Gasteiger partial charge in [0.15, 0.2) is 0 Å². The Labute approximate surface area is 164 Å². The van der Waals surface area contributed by atoms with Crippen LogP contribution in [0.4, 0.5) is 5.69 Å². The summed E-state index contributed by atoms with van der Waals surface area (Å²) in [5.41, 5.74) is 1.50. The maximum Gasteiger partial charge on any atom is 0.248 e. The van der Waals surface area contributed by atoms with Crippen molar-refractivity contribution in [3.8, 4) is 0 Å². The van der Waals surface area contributed by atoms with Crippen molar-refractivity contribution in [1.29, 1.82) is 0 Å². The number of anilines is 1. The smallest absolute Gasteiger partial charge is 0.248 e. The fraction of sp³-hybridized carbons (Fsp3) is 0.136. The van der Waals surface area contributed by atoms with Gasteiger partial charge < -0.3 is 5.32 Å². The molecule has 0 heterocycles. The second kappa shape index (κ2) is 7.58. The van der Waals surface area contributed by atoms with Crippen molar-refractivity contribution < 1.29 is 13.2 Å². The third kappa shape index (κ3) is 4.30. The van der Waals surface area contributed by atoms with E-state index >= 15 is 0 Å². The van der Waals surface area contributed by atoms with Gasteiger partial charge in [0.25, 0.3) is 0 Å². The van der Waals surface area contributed by atoms with Crippen molar-refractivity contribution in [3.05, 3.63) is 78.4 Å². The van der Waals surface area contributed by atoms with Crippen LogP contribution in [0, 0.1) is 0 Å². The van der Waals surface area contributed by atoms with E-state index in [1.165, 1.54) is 6.08 Å². The van der Waals surface area contributed by atoms with Crippen molar-refractivity contribution in [3.63, 3.8) is 0 Å². The predicted octanol–water partition coefficient (Wildman–Crippen LogP) is 3.93. The zero-order chi connectivity index (χ0) is 19.6. The number of nitrogens with one attached hydrogen (secondary N) is 2. The normalized spacial score (nSPS) is 14.4. The first-order valence-electron chi connectivity index (χ1n) is 9.10. The molecular formula is C22H20N2O3S. The standard InChI is InChI=1S/C22H20N2O3S/c25-22(23-21-7-3-5-17-4-1-2-6-20(17)21)15-10-16-8-13-19(14-9-16)28(26,27)24-18-11-12-18/h1-10,13-15,18,24H,11-12H2,(H,23,25)/b15-10+. The van der Waals surface area contributed by atoms with E-state index in [9.17, 15) is 13.2 Å². The number of amides is 1. The van der Waals surface area contributed by atoms with Gasteiger partial charge in [-0.25, -0.2) is 13.1 Å². The maximum atomic E-state index is 12.3. The molecule has 3 aromatic carbocycles. The van der Waals surface area contributed by atoms with Crippen LogP contribution < -0.4 is 10.0 Å². The van der Waals surface area contributed by atoms with Gasteiger partial charge in [-0.3, -0.25) is 4.79 Å². The molecular weight excluding hydrogens is 372 g/mol. The Morgan fingerprint density at radius 3 is 2.39 bits per heavy atom.